The number of benzene rings is 3. The molecule has 11 nitrogen and oxygen atoms in total. The molecule has 296 valence electrons. The van der Waals surface area contributed by atoms with Crippen LogP contribution in [0.5, 0.6) is 5.75 Å². The van der Waals surface area contributed by atoms with Crippen LogP contribution in [0.3, 0.4) is 0 Å². The molecule has 58 heavy (non-hydrogen) atoms. The van der Waals surface area contributed by atoms with E-state index in [0.29, 0.717) is 39.0 Å². The first kappa shape index (κ1) is 39.4. The van der Waals surface area contributed by atoms with Crippen LogP contribution in [0.25, 0.3) is 0 Å². The molecule has 3 fully saturated rings. The highest BCUT2D eigenvalue weighted by molar-refractivity contribution is 6.58. The Hall–Kier alpha value is -5.48. The second-order valence-corrected chi connectivity index (χ2v) is 15.6. The van der Waals surface area contributed by atoms with Crippen molar-refractivity contribution in [3.8, 4) is 5.75 Å². The largest absolute Gasteiger partial charge is 0.507 e. The number of nitrogens with zero attached hydrogens (tertiary/aromatic N) is 3. The first-order valence-corrected chi connectivity index (χ1v) is 18.9. The molecular weight excluding hydrogens is 799 g/mol. The zero-order valence-corrected chi connectivity index (χ0v) is 31.7. The van der Waals surface area contributed by atoms with E-state index in [-0.39, 0.29) is 41.7 Å². The number of amides is 4. The number of fused-ring (bicyclic) bond motifs is 4. The maximum Gasteiger partial charge on any atom is 0.488 e. The predicted molar refractivity (Wildman–Crippen MR) is 208 cm³/mol. The highest BCUT2D eigenvalue weighted by atomic mass is 35.5. The number of phenols is 1. The van der Waals surface area contributed by atoms with Gasteiger partial charge in [0.15, 0.2) is 5.82 Å². The minimum absolute atomic E-state index is 0.0532. The molecule has 2 aliphatic carbocycles. The molecule has 1 aromatic heterocycles. The fourth-order valence-corrected chi connectivity index (χ4v) is 9.71. The lowest BCUT2D eigenvalue weighted by Crippen LogP contribution is -2.53. The molecule has 0 spiro atoms. The summed E-state index contributed by atoms with van der Waals surface area (Å²) in [6.45, 7) is 3.79. The van der Waals surface area contributed by atoms with Crippen LogP contribution in [0.2, 0.25) is 10.0 Å². The van der Waals surface area contributed by atoms with Crippen LogP contribution < -0.4 is 15.8 Å². The number of carbonyl (C=O) groups excluding carboxylic acids is 4. The summed E-state index contributed by atoms with van der Waals surface area (Å²) in [5.41, 5.74) is 1.31. The maximum atomic E-state index is 15.4. The minimum atomic E-state index is -4.78. The zero-order valence-electron chi connectivity index (χ0n) is 30.2. The quantitative estimate of drug-likeness (QED) is 0.0992. The molecule has 4 aliphatic rings. The molecule has 3 aromatic carbocycles. The second-order valence-electron chi connectivity index (χ2n) is 14.7. The summed E-state index contributed by atoms with van der Waals surface area (Å²) >= 11 is 12.6. The number of hydrogen-bond donors (Lipinski definition) is 4. The lowest BCUT2D eigenvalue weighted by atomic mass is 9.49. The third kappa shape index (κ3) is 6.02. The van der Waals surface area contributed by atoms with Gasteiger partial charge in [-0.2, -0.15) is 18.2 Å². The monoisotopic (exact) mass is 830 g/mol. The Balaban J connectivity index is 1.32. The summed E-state index contributed by atoms with van der Waals surface area (Å²) < 4.78 is 40.6. The molecule has 1 saturated carbocycles. The number of pyridine rings is 1. The number of anilines is 2. The Morgan fingerprint density at radius 1 is 0.966 bits per heavy atom. The van der Waals surface area contributed by atoms with Gasteiger partial charge in [0.2, 0.25) is 11.8 Å². The van der Waals surface area contributed by atoms with Crippen LogP contribution in [0.15, 0.2) is 103 Å². The number of alkyl halides is 3. The molecule has 0 bridgehead atoms. The summed E-state index contributed by atoms with van der Waals surface area (Å²) in [6.07, 6.45) is -0.745. The van der Waals surface area contributed by atoms with Gasteiger partial charge in [0.1, 0.15) is 5.75 Å². The normalized spacial score (nSPS) is 25.3. The third-order valence-corrected chi connectivity index (χ3v) is 12.3. The number of aromatic nitrogens is 1. The number of nitrogens with one attached hydrogen (secondary N) is 1. The highest BCUT2D eigenvalue weighted by Crippen LogP contribution is 2.65. The number of rotatable bonds is 8. The summed E-state index contributed by atoms with van der Waals surface area (Å²) in [7, 11) is -1.87. The van der Waals surface area contributed by atoms with Crippen molar-refractivity contribution >= 4 is 70.9 Å². The van der Waals surface area contributed by atoms with Gasteiger partial charge in [-0.05, 0) is 72.1 Å². The van der Waals surface area contributed by atoms with Gasteiger partial charge in [-0.15, -0.1) is 6.58 Å². The van der Waals surface area contributed by atoms with Crippen LogP contribution in [0, 0.1) is 23.7 Å². The molecule has 4 amide bonds. The average molecular weight is 831 g/mol. The zero-order chi connectivity index (χ0) is 41.4. The molecule has 8 rings (SSSR count). The molecular formula is C41H32BCl2F3N4O7. The lowest BCUT2D eigenvalue weighted by molar-refractivity contribution is -0.139. The summed E-state index contributed by atoms with van der Waals surface area (Å²) in [5, 5.41) is 32.1. The van der Waals surface area contributed by atoms with Crippen molar-refractivity contribution in [3.63, 3.8) is 0 Å². The number of hydrazine groups is 1. The van der Waals surface area contributed by atoms with Crippen molar-refractivity contribution in [2.45, 2.75) is 36.8 Å². The van der Waals surface area contributed by atoms with Crippen molar-refractivity contribution in [1.82, 2.24) is 9.99 Å². The van der Waals surface area contributed by atoms with Gasteiger partial charge in [-0.25, -0.2) is 4.98 Å². The van der Waals surface area contributed by atoms with Gasteiger partial charge in [0.25, 0.3) is 11.8 Å². The van der Waals surface area contributed by atoms with Crippen molar-refractivity contribution in [2.75, 3.05) is 10.3 Å². The molecule has 17 heteroatoms. The van der Waals surface area contributed by atoms with E-state index in [2.05, 4.69) is 17.0 Å². The lowest BCUT2D eigenvalue weighted by Gasteiger charge is -2.50. The number of phenolic OH excluding ortho intramolecular Hbond substituents is 1. The van der Waals surface area contributed by atoms with Gasteiger partial charge in [0.05, 0.1) is 39.4 Å². The number of allylic oxidation sites excluding steroid dienone is 3. The van der Waals surface area contributed by atoms with Crippen molar-refractivity contribution in [1.29, 1.82) is 0 Å². The van der Waals surface area contributed by atoms with E-state index in [0.717, 1.165) is 4.90 Å². The maximum absolute atomic E-state index is 15.4. The topological polar surface area (TPSA) is 160 Å². The molecule has 4 aromatic rings. The fraction of sp³-hybridized carbons (Fsp3) is 0.244. The van der Waals surface area contributed by atoms with Gasteiger partial charge in [0, 0.05) is 22.7 Å². The second kappa shape index (κ2) is 14.4. The van der Waals surface area contributed by atoms with E-state index in [1.165, 1.54) is 24.3 Å². The average Bonchev–Trinajstić information content (AvgIpc) is 3.57. The van der Waals surface area contributed by atoms with Crippen molar-refractivity contribution in [2.24, 2.45) is 23.7 Å². The van der Waals surface area contributed by atoms with Gasteiger partial charge in [-0.3, -0.25) is 29.5 Å². The number of aromatic hydroxyl groups is 1. The molecule has 0 unspecified atom stereocenters. The van der Waals surface area contributed by atoms with Crippen LogP contribution in [-0.4, -0.2) is 55.9 Å². The first-order valence-electron chi connectivity index (χ1n) is 18.2. The molecule has 6 atom stereocenters. The van der Waals surface area contributed by atoms with E-state index < -0.39 is 88.3 Å². The molecule has 2 saturated heterocycles. The van der Waals surface area contributed by atoms with Crippen LogP contribution >= 0.6 is 23.2 Å². The van der Waals surface area contributed by atoms with Crippen LogP contribution in [0.4, 0.5) is 24.7 Å². The van der Waals surface area contributed by atoms with E-state index in [1.807, 2.05) is 0 Å². The fourth-order valence-electron chi connectivity index (χ4n) is 9.37. The number of halogens is 5. The van der Waals surface area contributed by atoms with Crippen molar-refractivity contribution < 1.29 is 47.5 Å². The summed E-state index contributed by atoms with van der Waals surface area (Å²) in [5.74, 6) is -8.56. The number of carbonyl (C=O) groups is 4. The number of para-hydroxylation sites is 1. The number of imide groups is 2. The Morgan fingerprint density at radius 2 is 1.69 bits per heavy atom. The molecule has 2 aliphatic heterocycles. The first-order chi connectivity index (χ1) is 27.6. The Kier molecular flexibility index (Phi) is 9.78. The van der Waals surface area contributed by atoms with Gasteiger partial charge in [-0.1, -0.05) is 83.4 Å². The van der Waals surface area contributed by atoms with E-state index in [1.54, 1.807) is 54.6 Å². The van der Waals surface area contributed by atoms with Crippen LogP contribution in [0.1, 0.15) is 41.0 Å². The predicted octanol–water partition coefficient (Wildman–Crippen LogP) is 5.71. The Morgan fingerprint density at radius 3 is 2.36 bits per heavy atom. The molecule has 4 N–H and O–H groups in total. The Labute approximate surface area is 339 Å². The SMILES string of the molecule is C=CCc1cccc([C@H]2C3=CC[C@@H]4C(=O)N(c5cccc(B(O)O)c5)C(=O)[C@@H]4[C@@H]3C[C@H]3C(=O)N(Nc4ncc(C(F)(F)F)cc4Cl)C(=O)[C@@]23c2ccc(Cl)cc2)c1O. The van der Waals surface area contributed by atoms with E-state index in [9.17, 15) is 42.7 Å². The highest BCUT2D eigenvalue weighted by Gasteiger charge is 2.71. The standard InChI is InChI=1S/C41H32BCl2F3N4O7/c1-2-5-20-6-3-9-28(34(20)52)33-26-14-15-27-32(38(55)50(36(27)53)25-8-4-7-23(17-25)42(57)58)29(26)18-30-37(54)51(39(56)40(30,33)21-10-12-24(43)13-11-21)49-35-31(44)16-22(19-48-35)41(45,46)47/h2-4,6-14,16-17,19,27,29-30,32-33,52,57-58H,1,5,15,18H2,(H,48,49)/t27-,29+,30-,32-,33+,40+/m0/s1. The van der Waals surface area contributed by atoms with E-state index in [4.69, 9.17) is 23.2 Å². The summed E-state index contributed by atoms with van der Waals surface area (Å²) in [4.78, 5) is 63.9. The third-order valence-electron chi connectivity index (χ3n) is 11.8. The van der Waals surface area contributed by atoms with Gasteiger partial charge < -0.3 is 15.2 Å². The molecule has 3 heterocycles. The Bertz CT molecular complexity index is 2450. The van der Waals surface area contributed by atoms with Gasteiger partial charge >= 0.3 is 13.3 Å². The smallest absolute Gasteiger partial charge is 0.488 e. The van der Waals surface area contributed by atoms with Crippen LogP contribution in [-0.2, 0) is 37.2 Å². The minimum Gasteiger partial charge on any atom is -0.507 e. The molecule has 0 radical (unpaired) electrons. The van der Waals surface area contributed by atoms with E-state index >= 15 is 4.79 Å². The number of hydrogen-bond acceptors (Lipinski definition) is 9. The van der Waals surface area contributed by atoms with Crippen molar-refractivity contribution in [3.05, 3.63) is 136 Å². The summed E-state index contributed by atoms with van der Waals surface area (Å²) in [6, 6.07) is 17.6.